The van der Waals surface area contributed by atoms with Crippen molar-refractivity contribution in [3.63, 3.8) is 0 Å². The molecule has 110 valence electrons. The maximum atomic E-state index is 14.1. The first-order valence-corrected chi connectivity index (χ1v) is 7.53. The van der Waals surface area contributed by atoms with Gasteiger partial charge in [-0.15, -0.1) is 0 Å². The lowest BCUT2D eigenvalue weighted by molar-refractivity contribution is 0.178. The molecule has 0 fully saturated rings. The molecule has 0 bridgehead atoms. The summed E-state index contributed by atoms with van der Waals surface area (Å²) in [5.41, 5.74) is 9.20. The quantitative estimate of drug-likeness (QED) is 0.940. The molecule has 2 aromatic rings. The highest BCUT2D eigenvalue weighted by atomic mass is 35.5. The average molecular weight is 305 g/mol. The van der Waals surface area contributed by atoms with E-state index in [4.69, 9.17) is 17.3 Å². The first-order chi connectivity index (χ1) is 10.2. The van der Waals surface area contributed by atoms with Crippen LogP contribution in [-0.4, -0.2) is 18.0 Å². The van der Waals surface area contributed by atoms with Gasteiger partial charge in [0.25, 0.3) is 0 Å². The van der Waals surface area contributed by atoms with Gasteiger partial charge in [0, 0.05) is 31.2 Å². The van der Waals surface area contributed by atoms with E-state index in [0.29, 0.717) is 18.7 Å². The zero-order valence-corrected chi connectivity index (χ0v) is 12.5. The minimum atomic E-state index is -0.325. The van der Waals surface area contributed by atoms with Crippen LogP contribution in [0.5, 0.6) is 0 Å². The van der Waals surface area contributed by atoms with Crippen molar-refractivity contribution in [1.82, 2.24) is 4.90 Å². The Bertz CT molecular complexity index is 644. The molecule has 0 amide bonds. The van der Waals surface area contributed by atoms with Crippen LogP contribution in [0.1, 0.15) is 22.7 Å². The molecular formula is C17H18ClFN2. The zero-order valence-electron chi connectivity index (χ0n) is 11.7. The molecule has 0 aromatic heterocycles. The molecule has 0 aliphatic carbocycles. The first-order valence-electron chi connectivity index (χ1n) is 7.15. The minimum absolute atomic E-state index is 0.133. The minimum Gasteiger partial charge on any atom is -0.329 e. The van der Waals surface area contributed by atoms with Crippen molar-refractivity contribution >= 4 is 11.6 Å². The van der Waals surface area contributed by atoms with Crippen molar-refractivity contribution in [2.75, 3.05) is 13.1 Å². The second-order valence-electron chi connectivity index (χ2n) is 5.38. The summed E-state index contributed by atoms with van der Waals surface area (Å²) in [6, 6.07) is 13.6. The second kappa shape index (κ2) is 6.14. The Morgan fingerprint density at radius 1 is 1.19 bits per heavy atom. The number of hydrogen-bond acceptors (Lipinski definition) is 2. The summed E-state index contributed by atoms with van der Waals surface area (Å²) < 4.78 is 14.1. The standard InChI is InChI=1S/C17H18ClFN2/c18-15-7-3-5-13(17(15)19)11-21-9-8-12-4-1-2-6-14(12)16(21)10-20/h1-7,16H,8-11,20H2. The molecule has 0 saturated carbocycles. The van der Waals surface area contributed by atoms with E-state index in [9.17, 15) is 4.39 Å². The van der Waals surface area contributed by atoms with E-state index in [2.05, 4.69) is 23.1 Å². The fourth-order valence-corrected chi connectivity index (χ4v) is 3.25. The molecule has 2 N–H and O–H groups in total. The smallest absolute Gasteiger partial charge is 0.146 e. The van der Waals surface area contributed by atoms with Crippen molar-refractivity contribution in [2.45, 2.75) is 19.0 Å². The summed E-state index contributed by atoms with van der Waals surface area (Å²) in [4.78, 5) is 2.23. The third kappa shape index (κ3) is 2.82. The predicted octanol–water partition coefficient (Wildman–Crippen LogP) is 3.54. The lowest BCUT2D eigenvalue weighted by Crippen LogP contribution is -2.39. The van der Waals surface area contributed by atoms with Gasteiger partial charge in [0.15, 0.2) is 0 Å². The molecule has 3 rings (SSSR count). The van der Waals surface area contributed by atoms with Gasteiger partial charge in [0.05, 0.1) is 5.02 Å². The fourth-order valence-electron chi connectivity index (χ4n) is 3.06. The number of halogens is 2. The molecule has 2 aromatic carbocycles. The molecule has 0 spiro atoms. The number of nitrogens with zero attached hydrogens (tertiary/aromatic N) is 1. The normalized spacial score (nSPS) is 18.5. The summed E-state index contributed by atoms with van der Waals surface area (Å²) in [5, 5.41) is 0.175. The number of benzene rings is 2. The lowest BCUT2D eigenvalue weighted by Gasteiger charge is -2.36. The maximum Gasteiger partial charge on any atom is 0.146 e. The van der Waals surface area contributed by atoms with Crippen molar-refractivity contribution in [2.24, 2.45) is 5.73 Å². The van der Waals surface area contributed by atoms with Crippen LogP contribution in [0.15, 0.2) is 42.5 Å². The van der Waals surface area contributed by atoms with Gasteiger partial charge < -0.3 is 5.73 Å². The molecule has 1 aliphatic rings. The van der Waals surface area contributed by atoms with E-state index in [1.807, 2.05) is 6.07 Å². The lowest BCUT2D eigenvalue weighted by atomic mass is 9.92. The van der Waals surface area contributed by atoms with Crippen LogP contribution in [0, 0.1) is 5.82 Å². The molecule has 1 heterocycles. The Morgan fingerprint density at radius 3 is 2.81 bits per heavy atom. The van der Waals surface area contributed by atoms with Gasteiger partial charge in [-0.05, 0) is 23.6 Å². The van der Waals surface area contributed by atoms with Crippen LogP contribution < -0.4 is 5.73 Å². The van der Waals surface area contributed by atoms with Gasteiger partial charge in [-0.1, -0.05) is 48.0 Å². The van der Waals surface area contributed by atoms with Crippen LogP contribution in [0.25, 0.3) is 0 Å². The predicted molar refractivity (Wildman–Crippen MR) is 83.8 cm³/mol. The van der Waals surface area contributed by atoms with Gasteiger partial charge >= 0.3 is 0 Å². The van der Waals surface area contributed by atoms with E-state index in [1.54, 1.807) is 18.2 Å². The molecule has 0 saturated heterocycles. The highest BCUT2D eigenvalue weighted by Gasteiger charge is 2.26. The number of rotatable bonds is 3. The molecule has 21 heavy (non-hydrogen) atoms. The Labute approximate surface area is 129 Å². The van der Waals surface area contributed by atoms with Gasteiger partial charge in [0.1, 0.15) is 5.82 Å². The monoisotopic (exact) mass is 304 g/mol. The van der Waals surface area contributed by atoms with Crippen LogP contribution in [0.4, 0.5) is 4.39 Å². The highest BCUT2D eigenvalue weighted by Crippen LogP contribution is 2.31. The Balaban J connectivity index is 1.88. The fraction of sp³-hybridized carbons (Fsp3) is 0.294. The van der Waals surface area contributed by atoms with Crippen LogP contribution >= 0.6 is 11.6 Å². The molecule has 4 heteroatoms. The van der Waals surface area contributed by atoms with Crippen molar-refractivity contribution in [3.05, 3.63) is 70.0 Å². The molecular weight excluding hydrogens is 287 g/mol. The Morgan fingerprint density at radius 2 is 2.00 bits per heavy atom. The number of fused-ring (bicyclic) bond motifs is 1. The largest absolute Gasteiger partial charge is 0.329 e. The maximum absolute atomic E-state index is 14.1. The Hall–Kier alpha value is -1.42. The molecule has 1 atom stereocenters. The summed E-state index contributed by atoms with van der Waals surface area (Å²) >= 11 is 5.86. The third-order valence-electron chi connectivity index (χ3n) is 4.15. The van der Waals surface area contributed by atoms with E-state index < -0.39 is 0 Å². The molecule has 2 nitrogen and oxygen atoms in total. The van der Waals surface area contributed by atoms with E-state index >= 15 is 0 Å². The van der Waals surface area contributed by atoms with Crippen molar-refractivity contribution < 1.29 is 4.39 Å². The second-order valence-corrected chi connectivity index (χ2v) is 5.79. The van der Waals surface area contributed by atoms with Crippen LogP contribution in [-0.2, 0) is 13.0 Å². The SMILES string of the molecule is NCC1c2ccccc2CCN1Cc1cccc(Cl)c1F. The van der Waals surface area contributed by atoms with Gasteiger partial charge in [-0.25, -0.2) is 4.39 Å². The van der Waals surface area contributed by atoms with Gasteiger partial charge in [-0.2, -0.15) is 0 Å². The van der Waals surface area contributed by atoms with Gasteiger partial charge in [0.2, 0.25) is 0 Å². The van der Waals surface area contributed by atoms with Crippen LogP contribution in [0.2, 0.25) is 5.02 Å². The molecule has 0 radical (unpaired) electrons. The average Bonchev–Trinajstić information content (AvgIpc) is 2.51. The van der Waals surface area contributed by atoms with Gasteiger partial charge in [-0.3, -0.25) is 4.90 Å². The summed E-state index contributed by atoms with van der Waals surface area (Å²) in [5.74, 6) is -0.325. The number of nitrogens with two attached hydrogens (primary N) is 1. The summed E-state index contributed by atoms with van der Waals surface area (Å²) in [6.07, 6.45) is 0.967. The Kier molecular flexibility index (Phi) is 4.24. The topological polar surface area (TPSA) is 29.3 Å². The van der Waals surface area contributed by atoms with Crippen molar-refractivity contribution in [3.8, 4) is 0 Å². The zero-order chi connectivity index (χ0) is 14.8. The summed E-state index contributed by atoms with van der Waals surface area (Å²) in [7, 11) is 0. The van der Waals surface area contributed by atoms with E-state index in [1.165, 1.54) is 11.1 Å². The molecule has 1 unspecified atom stereocenters. The van der Waals surface area contributed by atoms with Crippen LogP contribution in [0.3, 0.4) is 0 Å². The van der Waals surface area contributed by atoms with E-state index in [-0.39, 0.29) is 16.9 Å². The third-order valence-corrected chi connectivity index (χ3v) is 4.44. The van der Waals surface area contributed by atoms with Crippen molar-refractivity contribution in [1.29, 1.82) is 0 Å². The molecule has 1 aliphatic heterocycles. The summed E-state index contributed by atoms with van der Waals surface area (Å²) in [6.45, 7) is 1.94. The number of hydrogen-bond donors (Lipinski definition) is 1. The van der Waals surface area contributed by atoms with E-state index in [0.717, 1.165) is 13.0 Å². The highest BCUT2D eigenvalue weighted by molar-refractivity contribution is 6.30. The first kappa shape index (κ1) is 14.5.